The first-order valence-corrected chi connectivity index (χ1v) is 10.8. The minimum Gasteiger partial charge on any atom is -0.279 e. The lowest BCUT2D eigenvalue weighted by Gasteiger charge is -2.07. The highest BCUT2D eigenvalue weighted by Crippen LogP contribution is 2.20. The summed E-state index contributed by atoms with van der Waals surface area (Å²) in [5, 5.41) is 0.623. The molecule has 0 bridgehead atoms. The van der Waals surface area contributed by atoms with Crippen LogP contribution in [0.25, 0.3) is 0 Å². The first-order chi connectivity index (χ1) is 14.6. The van der Waals surface area contributed by atoms with E-state index < -0.39 is 5.95 Å². The summed E-state index contributed by atoms with van der Waals surface area (Å²) >= 11 is 5.81. The molecule has 0 saturated carbocycles. The number of terminal acetylenes is 1. The Labute approximate surface area is 192 Å². The summed E-state index contributed by atoms with van der Waals surface area (Å²) in [5.41, 5.74) is 4.10. The molecule has 2 aromatic rings. The zero-order valence-corrected chi connectivity index (χ0v) is 20.7. The molecule has 2 heterocycles. The van der Waals surface area contributed by atoms with E-state index in [-0.39, 0.29) is 0 Å². The van der Waals surface area contributed by atoms with Crippen molar-refractivity contribution in [2.45, 2.75) is 60.3 Å². The predicted molar refractivity (Wildman–Crippen MR) is 132 cm³/mol. The molecule has 0 unspecified atom stereocenters. The summed E-state index contributed by atoms with van der Waals surface area (Å²) in [7, 11) is 1.72. The van der Waals surface area contributed by atoms with Crippen LogP contribution in [0.1, 0.15) is 71.4 Å². The molecule has 0 fully saturated rings. The van der Waals surface area contributed by atoms with Gasteiger partial charge < -0.3 is 0 Å². The van der Waals surface area contributed by atoms with Gasteiger partial charge in [-0.25, -0.2) is 9.97 Å². The molecule has 2 aromatic heterocycles. The van der Waals surface area contributed by atoms with Crippen molar-refractivity contribution in [1.29, 1.82) is 0 Å². The third-order valence-corrected chi connectivity index (χ3v) is 4.71. The highest BCUT2D eigenvalue weighted by molar-refractivity contribution is 6.30. The molecular formula is C26H35ClFN3. The van der Waals surface area contributed by atoms with E-state index in [1.165, 1.54) is 6.07 Å². The van der Waals surface area contributed by atoms with Gasteiger partial charge in [0.15, 0.2) is 0 Å². The second-order valence-electron chi connectivity index (χ2n) is 7.72. The van der Waals surface area contributed by atoms with Gasteiger partial charge >= 0.3 is 0 Å². The van der Waals surface area contributed by atoms with Gasteiger partial charge in [0, 0.05) is 19.4 Å². The largest absolute Gasteiger partial charge is 0.279 e. The Kier molecular flexibility index (Phi) is 14.1. The summed E-state index contributed by atoms with van der Waals surface area (Å²) in [6.45, 7) is 14.5. The fourth-order valence-corrected chi connectivity index (χ4v) is 2.92. The van der Waals surface area contributed by atoms with Gasteiger partial charge in [-0.3, -0.25) is 4.99 Å². The first kappa shape index (κ1) is 28.5. The van der Waals surface area contributed by atoms with Gasteiger partial charge in [0.1, 0.15) is 10.9 Å². The summed E-state index contributed by atoms with van der Waals surface area (Å²) in [5.74, 6) is 3.49. The van der Waals surface area contributed by atoms with Crippen LogP contribution in [0.2, 0.25) is 5.15 Å². The number of aromatic nitrogens is 2. The summed E-state index contributed by atoms with van der Waals surface area (Å²) < 4.78 is 12.2. The Hall–Kier alpha value is -2.51. The van der Waals surface area contributed by atoms with Crippen molar-refractivity contribution in [3.05, 3.63) is 70.5 Å². The van der Waals surface area contributed by atoms with Crippen molar-refractivity contribution < 1.29 is 4.39 Å². The molecule has 3 nitrogen and oxygen atoms in total. The number of aliphatic imine (C=N–C) groups is 1. The van der Waals surface area contributed by atoms with Gasteiger partial charge in [-0.15, -0.1) is 6.42 Å². The number of allylic oxidation sites excluding steroid dienone is 2. The maximum Gasteiger partial charge on any atom is 0.212 e. The maximum absolute atomic E-state index is 12.2. The van der Waals surface area contributed by atoms with Gasteiger partial charge in [0.25, 0.3) is 0 Å². The van der Waals surface area contributed by atoms with E-state index in [4.69, 9.17) is 18.0 Å². The Morgan fingerprint density at radius 2 is 1.74 bits per heavy atom. The number of nitrogens with zero attached hydrogens (tertiary/aromatic N) is 3. The minimum absolute atomic E-state index is 0.413. The molecule has 5 heteroatoms. The smallest absolute Gasteiger partial charge is 0.212 e. The second-order valence-corrected chi connectivity index (χ2v) is 8.08. The number of pyridine rings is 2. The zero-order valence-electron chi connectivity index (χ0n) is 19.9. The van der Waals surface area contributed by atoms with E-state index in [1.807, 2.05) is 25.1 Å². The van der Waals surface area contributed by atoms with Crippen LogP contribution < -0.4 is 0 Å². The highest BCUT2D eigenvalue weighted by Gasteiger charge is 2.06. The fraction of sp³-hybridized carbons (Fsp3) is 0.423. The molecular weight excluding hydrogens is 409 g/mol. The first-order valence-electron chi connectivity index (χ1n) is 10.4. The average Bonchev–Trinajstić information content (AvgIpc) is 2.73. The Morgan fingerprint density at radius 1 is 1.10 bits per heavy atom. The van der Waals surface area contributed by atoms with Crippen LogP contribution in [0.4, 0.5) is 4.39 Å². The van der Waals surface area contributed by atoms with Gasteiger partial charge in [0.2, 0.25) is 5.95 Å². The monoisotopic (exact) mass is 443 g/mol. The van der Waals surface area contributed by atoms with Gasteiger partial charge in [-0.05, 0) is 53.5 Å². The van der Waals surface area contributed by atoms with E-state index in [2.05, 4.69) is 62.4 Å². The van der Waals surface area contributed by atoms with Gasteiger partial charge in [0.05, 0.1) is 0 Å². The molecule has 0 aliphatic carbocycles. The van der Waals surface area contributed by atoms with Crippen molar-refractivity contribution >= 4 is 17.3 Å². The number of rotatable bonds is 4. The van der Waals surface area contributed by atoms with E-state index in [0.29, 0.717) is 22.9 Å². The topological polar surface area (TPSA) is 38.1 Å². The number of halogens is 2. The average molecular weight is 444 g/mol. The van der Waals surface area contributed by atoms with Crippen LogP contribution in [0.15, 0.2) is 53.3 Å². The third-order valence-electron chi connectivity index (χ3n) is 4.39. The molecule has 0 atom stereocenters. The van der Waals surface area contributed by atoms with Crippen molar-refractivity contribution in [1.82, 2.24) is 9.97 Å². The normalized spacial score (nSPS) is 11.5. The lowest BCUT2D eigenvalue weighted by Crippen LogP contribution is -2.05. The van der Waals surface area contributed by atoms with Crippen molar-refractivity contribution in [3.63, 3.8) is 0 Å². The van der Waals surface area contributed by atoms with Crippen LogP contribution in [0, 0.1) is 24.2 Å². The van der Waals surface area contributed by atoms with E-state index >= 15 is 0 Å². The Balaban J connectivity index is 0.000000436. The quantitative estimate of drug-likeness (QED) is 0.279. The summed E-state index contributed by atoms with van der Waals surface area (Å²) in [6.07, 6.45) is 10.6. The molecule has 0 aliphatic heterocycles. The third kappa shape index (κ3) is 10.9. The molecule has 0 spiro atoms. The fourth-order valence-electron chi connectivity index (χ4n) is 2.58. The summed E-state index contributed by atoms with van der Waals surface area (Å²) in [4.78, 5) is 11.5. The number of hydrogen-bond acceptors (Lipinski definition) is 3. The molecule has 0 radical (unpaired) electrons. The molecule has 0 amide bonds. The Morgan fingerprint density at radius 3 is 2.03 bits per heavy atom. The molecule has 0 aliphatic rings. The molecule has 168 valence electrons. The molecule has 0 N–H and O–H groups in total. The van der Waals surface area contributed by atoms with Crippen molar-refractivity contribution in [2.75, 3.05) is 7.05 Å². The SMILES string of the molecule is C#CC(=NC)/C(=C\C)C(C)C.CC(C)c1ccc(F)nc1.CC(C)c1cccnc1Cl. The maximum atomic E-state index is 12.2. The number of hydrogen-bond donors (Lipinski definition) is 0. The molecule has 0 saturated heterocycles. The van der Waals surface area contributed by atoms with Crippen LogP contribution in [-0.4, -0.2) is 22.7 Å². The minimum atomic E-state index is -0.413. The lowest BCUT2D eigenvalue weighted by molar-refractivity contribution is 0.581. The molecule has 2 rings (SSSR count). The standard InChI is InChI=1S/C10H15N.C8H10ClN.C8H10FN/c1-6-9(8(3)4)10(7-2)11-5;1-6(2)7-4-3-5-10-8(7)9;1-6(2)7-3-4-8(9)10-5-7/h2,6,8H,1,3-5H3;2*3-6H,1-2H3/b9-6-,11-10?;;. The van der Waals surface area contributed by atoms with Crippen molar-refractivity contribution in [2.24, 2.45) is 10.9 Å². The highest BCUT2D eigenvalue weighted by atomic mass is 35.5. The van der Waals surface area contributed by atoms with E-state index in [0.717, 1.165) is 22.4 Å². The summed E-state index contributed by atoms with van der Waals surface area (Å²) in [6, 6.07) is 7.05. The van der Waals surface area contributed by atoms with Gasteiger partial charge in [-0.1, -0.05) is 77.3 Å². The van der Waals surface area contributed by atoms with E-state index in [9.17, 15) is 4.39 Å². The van der Waals surface area contributed by atoms with Gasteiger partial charge in [-0.2, -0.15) is 4.39 Å². The van der Waals surface area contributed by atoms with Crippen LogP contribution in [-0.2, 0) is 0 Å². The van der Waals surface area contributed by atoms with Crippen LogP contribution >= 0.6 is 11.6 Å². The van der Waals surface area contributed by atoms with E-state index in [1.54, 1.807) is 25.5 Å². The Bertz CT molecular complexity index is 876. The van der Waals surface area contributed by atoms with Crippen LogP contribution in [0.5, 0.6) is 0 Å². The lowest BCUT2D eigenvalue weighted by atomic mass is 9.98. The van der Waals surface area contributed by atoms with Crippen LogP contribution in [0.3, 0.4) is 0 Å². The zero-order chi connectivity index (χ0) is 24.0. The predicted octanol–water partition coefficient (Wildman–Crippen LogP) is 7.50. The molecule has 31 heavy (non-hydrogen) atoms. The molecule has 0 aromatic carbocycles. The van der Waals surface area contributed by atoms with Crippen molar-refractivity contribution in [3.8, 4) is 12.3 Å². The second kappa shape index (κ2) is 15.3.